The van der Waals surface area contributed by atoms with Crippen molar-refractivity contribution in [3.8, 4) is 0 Å². The first-order valence-corrected chi connectivity index (χ1v) is 7.19. The van der Waals surface area contributed by atoms with E-state index in [0.29, 0.717) is 0 Å². The Hall–Kier alpha value is -1.35. The minimum atomic E-state index is -0.332. The van der Waals surface area contributed by atoms with Crippen LogP contribution in [0.15, 0.2) is 30.3 Å². The second-order valence-electron chi connectivity index (χ2n) is 5.10. The first-order valence-electron chi connectivity index (χ1n) is 7.19. The van der Waals surface area contributed by atoms with Crippen LogP contribution >= 0.6 is 0 Å². The van der Waals surface area contributed by atoms with Crippen LogP contribution in [0.2, 0.25) is 0 Å². The highest BCUT2D eigenvalue weighted by Gasteiger charge is 2.16. The average molecular weight is 262 g/mol. The van der Waals surface area contributed by atoms with Crippen LogP contribution in [0.4, 0.5) is 0 Å². The fraction of sp³-hybridized carbons (Fsp3) is 0.562. The van der Waals surface area contributed by atoms with Gasteiger partial charge in [-0.05, 0) is 24.8 Å². The van der Waals surface area contributed by atoms with E-state index in [1.807, 2.05) is 25.2 Å². The van der Waals surface area contributed by atoms with Gasteiger partial charge in [0.25, 0.3) is 0 Å². The molecule has 0 saturated carbocycles. The Morgan fingerprint density at radius 1 is 1.26 bits per heavy atom. The lowest BCUT2D eigenvalue weighted by molar-refractivity contribution is -0.131. The third kappa shape index (κ3) is 5.88. The number of carbonyl (C=O) groups is 1. The predicted molar refractivity (Wildman–Crippen MR) is 79.9 cm³/mol. The van der Waals surface area contributed by atoms with Crippen LogP contribution in [0.25, 0.3) is 0 Å². The summed E-state index contributed by atoms with van der Waals surface area (Å²) in [6.45, 7) is 2.88. The first kappa shape index (κ1) is 15.7. The molecule has 0 bridgehead atoms. The van der Waals surface area contributed by atoms with E-state index in [9.17, 15) is 4.79 Å². The van der Waals surface area contributed by atoms with E-state index < -0.39 is 0 Å². The molecular weight excluding hydrogens is 236 g/mol. The maximum absolute atomic E-state index is 12.0. The zero-order valence-electron chi connectivity index (χ0n) is 12.1. The topological polar surface area (TPSA) is 46.3 Å². The van der Waals surface area contributed by atoms with Crippen molar-refractivity contribution in [1.29, 1.82) is 0 Å². The monoisotopic (exact) mass is 262 g/mol. The van der Waals surface area contributed by atoms with Gasteiger partial charge in [-0.25, -0.2) is 0 Å². The lowest BCUT2D eigenvalue weighted by Gasteiger charge is -2.21. The van der Waals surface area contributed by atoms with Crippen LogP contribution in [-0.2, 0) is 11.2 Å². The van der Waals surface area contributed by atoms with Crippen molar-refractivity contribution in [3.63, 3.8) is 0 Å². The summed E-state index contributed by atoms with van der Waals surface area (Å²) in [5, 5.41) is 0. The Morgan fingerprint density at radius 2 is 1.95 bits per heavy atom. The van der Waals surface area contributed by atoms with E-state index >= 15 is 0 Å². The van der Waals surface area contributed by atoms with Gasteiger partial charge in [0.05, 0.1) is 6.04 Å². The van der Waals surface area contributed by atoms with E-state index in [0.717, 1.165) is 38.6 Å². The summed E-state index contributed by atoms with van der Waals surface area (Å²) in [6, 6.07) is 10.0. The molecule has 0 aromatic heterocycles. The number of nitrogens with zero attached hydrogens (tertiary/aromatic N) is 1. The molecule has 0 aliphatic carbocycles. The van der Waals surface area contributed by atoms with E-state index in [2.05, 4.69) is 19.1 Å². The maximum Gasteiger partial charge on any atom is 0.239 e. The second kappa shape index (κ2) is 8.70. The molecule has 1 rings (SSSR count). The van der Waals surface area contributed by atoms with E-state index in [4.69, 9.17) is 5.73 Å². The van der Waals surface area contributed by atoms with Gasteiger partial charge in [0.2, 0.25) is 5.91 Å². The van der Waals surface area contributed by atoms with Gasteiger partial charge < -0.3 is 10.6 Å². The first-order chi connectivity index (χ1) is 9.15. The summed E-state index contributed by atoms with van der Waals surface area (Å²) in [6.07, 6.45) is 4.87. The number of aryl methyl sites for hydroxylation is 1. The predicted octanol–water partition coefficient (Wildman–Crippen LogP) is 2.60. The number of hydrogen-bond donors (Lipinski definition) is 1. The van der Waals surface area contributed by atoms with Crippen molar-refractivity contribution in [2.45, 2.75) is 45.1 Å². The van der Waals surface area contributed by atoms with Crippen molar-refractivity contribution >= 4 is 5.91 Å². The highest BCUT2D eigenvalue weighted by Crippen LogP contribution is 2.05. The molecule has 0 saturated heterocycles. The van der Waals surface area contributed by atoms with Crippen LogP contribution in [0.5, 0.6) is 0 Å². The zero-order chi connectivity index (χ0) is 14.1. The molecule has 1 aromatic carbocycles. The Labute approximate surface area is 116 Å². The van der Waals surface area contributed by atoms with Gasteiger partial charge in [-0.2, -0.15) is 0 Å². The molecule has 1 atom stereocenters. The van der Waals surface area contributed by atoms with Gasteiger partial charge in [-0.3, -0.25) is 4.79 Å². The van der Waals surface area contributed by atoms with E-state index in [1.165, 1.54) is 5.56 Å². The van der Waals surface area contributed by atoms with Crippen molar-refractivity contribution < 1.29 is 4.79 Å². The molecule has 19 heavy (non-hydrogen) atoms. The minimum absolute atomic E-state index is 0.0708. The van der Waals surface area contributed by atoms with Crippen molar-refractivity contribution in [1.82, 2.24) is 4.90 Å². The van der Waals surface area contributed by atoms with Crippen LogP contribution < -0.4 is 5.73 Å². The van der Waals surface area contributed by atoms with E-state index in [-0.39, 0.29) is 11.9 Å². The Morgan fingerprint density at radius 3 is 2.58 bits per heavy atom. The molecule has 106 valence electrons. The highest BCUT2D eigenvalue weighted by atomic mass is 16.2. The Balaban J connectivity index is 2.26. The fourth-order valence-electron chi connectivity index (χ4n) is 2.11. The number of amides is 1. The minimum Gasteiger partial charge on any atom is -0.344 e. The molecule has 1 amide bonds. The van der Waals surface area contributed by atoms with Gasteiger partial charge in [-0.1, -0.05) is 50.1 Å². The van der Waals surface area contributed by atoms with Crippen LogP contribution in [-0.4, -0.2) is 30.4 Å². The molecule has 0 fully saturated rings. The molecule has 3 heteroatoms. The number of rotatable bonds is 8. The summed E-state index contributed by atoms with van der Waals surface area (Å²) >= 11 is 0. The fourth-order valence-corrected chi connectivity index (χ4v) is 2.11. The number of hydrogen-bond acceptors (Lipinski definition) is 2. The molecule has 0 aliphatic rings. The van der Waals surface area contributed by atoms with Gasteiger partial charge in [-0.15, -0.1) is 0 Å². The summed E-state index contributed by atoms with van der Waals surface area (Å²) in [7, 11) is 1.85. The Bertz CT molecular complexity index is 364. The summed E-state index contributed by atoms with van der Waals surface area (Å²) < 4.78 is 0. The molecule has 1 aromatic rings. The largest absolute Gasteiger partial charge is 0.344 e. The molecule has 0 spiro atoms. The zero-order valence-corrected chi connectivity index (χ0v) is 12.1. The molecule has 1 unspecified atom stereocenters. The van der Waals surface area contributed by atoms with Crippen molar-refractivity contribution in [2.24, 2.45) is 5.73 Å². The van der Waals surface area contributed by atoms with Crippen LogP contribution in [0.1, 0.15) is 38.2 Å². The van der Waals surface area contributed by atoms with Gasteiger partial charge in [0.15, 0.2) is 0 Å². The number of benzene rings is 1. The Kier molecular flexibility index (Phi) is 7.19. The number of likely N-dealkylation sites (N-methyl/N-ethyl adjacent to an activating group) is 1. The number of nitrogens with two attached hydrogens (primary N) is 1. The molecule has 0 heterocycles. The molecule has 0 aliphatic heterocycles. The normalized spacial score (nSPS) is 12.2. The van der Waals surface area contributed by atoms with E-state index in [1.54, 1.807) is 4.90 Å². The lowest BCUT2D eigenvalue weighted by atomic mass is 10.1. The molecule has 2 N–H and O–H groups in total. The standard InChI is InChI=1S/C16H26N2O/c1-3-4-12-15(17)16(19)18(2)13-8-11-14-9-6-5-7-10-14/h5-7,9-10,15H,3-4,8,11-13,17H2,1-2H3. The van der Waals surface area contributed by atoms with Gasteiger partial charge >= 0.3 is 0 Å². The SMILES string of the molecule is CCCCC(N)C(=O)N(C)CCCc1ccccc1. The number of carbonyl (C=O) groups excluding carboxylic acids is 1. The smallest absolute Gasteiger partial charge is 0.239 e. The van der Waals surface area contributed by atoms with Crippen molar-refractivity contribution in [3.05, 3.63) is 35.9 Å². The third-order valence-electron chi connectivity index (χ3n) is 3.36. The van der Waals surface area contributed by atoms with Crippen LogP contribution in [0.3, 0.4) is 0 Å². The average Bonchev–Trinajstić information content (AvgIpc) is 2.44. The highest BCUT2D eigenvalue weighted by molar-refractivity contribution is 5.81. The summed E-state index contributed by atoms with van der Waals surface area (Å²) in [4.78, 5) is 13.8. The summed E-state index contributed by atoms with van der Waals surface area (Å²) in [5.41, 5.74) is 7.21. The van der Waals surface area contributed by atoms with Gasteiger partial charge in [0.1, 0.15) is 0 Å². The number of unbranched alkanes of at least 4 members (excludes halogenated alkanes) is 1. The quantitative estimate of drug-likeness (QED) is 0.782. The molecule has 0 radical (unpaired) electrons. The van der Waals surface area contributed by atoms with Gasteiger partial charge in [0, 0.05) is 13.6 Å². The van der Waals surface area contributed by atoms with Crippen molar-refractivity contribution in [2.75, 3.05) is 13.6 Å². The maximum atomic E-state index is 12.0. The lowest BCUT2D eigenvalue weighted by Crippen LogP contribution is -2.42. The summed E-state index contributed by atoms with van der Waals surface area (Å²) in [5.74, 6) is 0.0708. The third-order valence-corrected chi connectivity index (χ3v) is 3.36. The molecular formula is C16H26N2O. The van der Waals surface area contributed by atoms with Crippen LogP contribution in [0, 0.1) is 0 Å². The second-order valence-corrected chi connectivity index (χ2v) is 5.10. The molecule has 3 nitrogen and oxygen atoms in total.